The lowest BCUT2D eigenvalue weighted by atomic mass is 9.79. The number of carbonyl (C=O) groups excluding carboxylic acids is 1. The molecule has 0 amide bonds. The maximum atomic E-state index is 12.9. The molecule has 0 spiro atoms. The Morgan fingerprint density at radius 1 is 1.18 bits per heavy atom. The summed E-state index contributed by atoms with van der Waals surface area (Å²) in [6.45, 7) is 5.86. The summed E-state index contributed by atoms with van der Waals surface area (Å²) in [5.74, 6) is -0.0982. The number of hydrogen-bond donors (Lipinski definition) is 0. The molecule has 1 nitrogen and oxygen atoms in total. The number of benzene rings is 1. The van der Waals surface area contributed by atoms with Crippen LogP contribution in [-0.4, -0.2) is 9.58 Å². The minimum Gasteiger partial charge on any atom is -0.294 e. The van der Waals surface area contributed by atoms with Crippen LogP contribution in [0.1, 0.15) is 32.8 Å². The van der Waals surface area contributed by atoms with Crippen LogP contribution in [0.3, 0.4) is 0 Å². The summed E-state index contributed by atoms with van der Waals surface area (Å²) in [5, 5.41) is 0.460. The van der Waals surface area contributed by atoms with Crippen molar-refractivity contribution in [3.05, 3.63) is 41.5 Å². The Labute approximate surface area is 151 Å². The average molecular weight is 380 g/mol. The van der Waals surface area contributed by atoms with Gasteiger partial charge in [0.05, 0.1) is 5.03 Å². The van der Waals surface area contributed by atoms with E-state index < -0.39 is 9.21 Å². The Hall–Kier alpha value is -0.210. The molecule has 0 radical (unpaired) electrons. The van der Waals surface area contributed by atoms with Gasteiger partial charge in [-0.2, -0.15) is 0 Å². The summed E-state index contributed by atoms with van der Waals surface area (Å²) in [7, 11) is 0. The van der Waals surface area contributed by atoms with Gasteiger partial charge in [0.2, 0.25) is 0 Å². The molecule has 1 saturated carbocycles. The summed E-state index contributed by atoms with van der Waals surface area (Å²) in [5.41, 5.74) is 0.869. The number of allylic oxidation sites excluding steroid dienone is 1. The molecular weight excluding hydrogens is 362 g/mol. The van der Waals surface area contributed by atoms with Crippen molar-refractivity contribution in [3.8, 4) is 0 Å². The quantitative estimate of drug-likeness (QED) is 0.437. The molecule has 0 aromatic heterocycles. The summed E-state index contributed by atoms with van der Waals surface area (Å²) in [6, 6.07) is 9.43. The molecule has 1 aliphatic carbocycles. The first-order valence-electron chi connectivity index (χ1n) is 7.12. The molecule has 2 rings (SSSR count). The number of hydrogen-bond acceptors (Lipinski definition) is 1. The summed E-state index contributed by atoms with van der Waals surface area (Å²) in [4.78, 5) is 12.9. The van der Waals surface area contributed by atoms with Crippen molar-refractivity contribution in [1.82, 2.24) is 0 Å². The molecule has 1 fully saturated rings. The molecular formula is C17H18Cl4O. The third-order valence-corrected chi connectivity index (χ3v) is 5.54. The predicted octanol–water partition coefficient (Wildman–Crippen LogP) is 6.26. The number of Topliss-reactive ketones (excluding diaryl/α,β-unsaturated/α-hetero) is 1. The summed E-state index contributed by atoms with van der Waals surface area (Å²) in [6.07, 6.45) is 0.270. The van der Waals surface area contributed by atoms with Gasteiger partial charge in [-0.1, -0.05) is 97.5 Å². The topological polar surface area (TPSA) is 17.1 Å². The smallest absolute Gasteiger partial charge is 0.191 e. The zero-order chi connectivity index (χ0) is 16.7. The van der Waals surface area contributed by atoms with Crippen LogP contribution in [0.25, 0.3) is 5.03 Å². The van der Waals surface area contributed by atoms with Crippen LogP contribution < -0.4 is 0 Å². The third kappa shape index (κ3) is 3.48. The van der Waals surface area contributed by atoms with Crippen LogP contribution in [0.15, 0.2) is 35.9 Å². The van der Waals surface area contributed by atoms with E-state index in [9.17, 15) is 4.79 Å². The summed E-state index contributed by atoms with van der Waals surface area (Å²) >= 11 is 24.5. The Morgan fingerprint density at radius 3 is 2.23 bits per heavy atom. The van der Waals surface area contributed by atoms with Gasteiger partial charge < -0.3 is 0 Å². The Kier molecular flexibility index (Phi) is 5.24. The Bertz CT molecular complexity index is 599. The zero-order valence-corrected chi connectivity index (χ0v) is 15.7. The maximum absolute atomic E-state index is 12.9. The van der Waals surface area contributed by atoms with Gasteiger partial charge in [0.1, 0.15) is 0 Å². The van der Waals surface area contributed by atoms with Gasteiger partial charge in [-0.05, 0) is 17.4 Å². The SMILES string of the molecule is C[C@@H]1[C@@H](CC(Cl)(Cl)Cl)/C(=C(\Cl)c2ccccc2)C(=O)C1(C)C. The third-order valence-electron chi connectivity index (χ3n) is 4.66. The van der Waals surface area contributed by atoms with E-state index in [4.69, 9.17) is 46.4 Å². The van der Waals surface area contributed by atoms with Crippen molar-refractivity contribution in [1.29, 1.82) is 0 Å². The molecule has 1 aromatic carbocycles. The summed E-state index contributed by atoms with van der Waals surface area (Å²) < 4.78 is -1.42. The number of alkyl halides is 3. The number of ketones is 1. The zero-order valence-electron chi connectivity index (χ0n) is 12.7. The van der Waals surface area contributed by atoms with Gasteiger partial charge in [0, 0.05) is 17.4 Å². The van der Waals surface area contributed by atoms with E-state index in [0.717, 1.165) is 5.56 Å². The lowest BCUT2D eigenvalue weighted by Crippen LogP contribution is -2.25. The highest BCUT2D eigenvalue weighted by molar-refractivity contribution is 6.67. The Balaban J connectivity index is 2.56. The highest BCUT2D eigenvalue weighted by Gasteiger charge is 2.52. The molecule has 0 unspecified atom stereocenters. The molecule has 0 heterocycles. The minimum atomic E-state index is -1.42. The van der Waals surface area contributed by atoms with E-state index in [1.807, 2.05) is 51.1 Å². The van der Waals surface area contributed by atoms with Crippen LogP contribution >= 0.6 is 46.4 Å². The van der Waals surface area contributed by atoms with E-state index >= 15 is 0 Å². The number of halogens is 4. The lowest BCUT2D eigenvalue weighted by Gasteiger charge is -2.26. The van der Waals surface area contributed by atoms with Crippen LogP contribution in [0.5, 0.6) is 0 Å². The van der Waals surface area contributed by atoms with Gasteiger partial charge >= 0.3 is 0 Å². The molecule has 0 aliphatic heterocycles. The maximum Gasteiger partial charge on any atom is 0.191 e. The van der Waals surface area contributed by atoms with Crippen LogP contribution in [0.4, 0.5) is 0 Å². The first-order chi connectivity index (χ1) is 10.1. The number of rotatable bonds is 2. The van der Waals surface area contributed by atoms with Gasteiger partial charge in [0.15, 0.2) is 9.58 Å². The fourth-order valence-corrected chi connectivity index (χ4v) is 3.86. The first-order valence-corrected chi connectivity index (χ1v) is 8.63. The van der Waals surface area contributed by atoms with Gasteiger partial charge in [-0.3, -0.25) is 4.79 Å². The van der Waals surface area contributed by atoms with Crippen molar-refractivity contribution in [3.63, 3.8) is 0 Å². The largest absolute Gasteiger partial charge is 0.294 e. The molecule has 0 bridgehead atoms. The molecule has 5 heteroatoms. The molecule has 22 heavy (non-hydrogen) atoms. The highest BCUT2D eigenvalue weighted by atomic mass is 35.6. The van der Waals surface area contributed by atoms with Crippen molar-refractivity contribution >= 4 is 57.2 Å². The van der Waals surface area contributed by atoms with Gasteiger partial charge in [0.25, 0.3) is 0 Å². The second-order valence-electron chi connectivity index (χ2n) is 6.36. The van der Waals surface area contributed by atoms with Crippen molar-refractivity contribution in [2.75, 3.05) is 0 Å². The monoisotopic (exact) mass is 378 g/mol. The van der Waals surface area contributed by atoms with Crippen molar-refractivity contribution in [2.24, 2.45) is 17.3 Å². The van der Waals surface area contributed by atoms with Crippen molar-refractivity contribution < 1.29 is 4.79 Å². The number of carbonyl (C=O) groups is 1. The fraction of sp³-hybridized carbons (Fsp3) is 0.471. The highest BCUT2D eigenvalue weighted by Crippen LogP contribution is 2.53. The fourth-order valence-electron chi connectivity index (χ4n) is 3.01. The van der Waals surface area contributed by atoms with E-state index in [1.54, 1.807) is 0 Å². The second-order valence-corrected chi connectivity index (χ2v) is 9.25. The predicted molar refractivity (Wildman–Crippen MR) is 95.6 cm³/mol. The molecule has 120 valence electrons. The van der Waals surface area contributed by atoms with E-state index in [2.05, 4.69) is 0 Å². The normalized spacial score (nSPS) is 27.1. The van der Waals surface area contributed by atoms with Crippen LogP contribution in [0, 0.1) is 17.3 Å². The molecule has 1 aliphatic rings. The minimum absolute atomic E-state index is 0.0353. The Morgan fingerprint density at radius 2 is 1.73 bits per heavy atom. The van der Waals surface area contributed by atoms with Crippen LogP contribution in [0.2, 0.25) is 0 Å². The average Bonchev–Trinajstić information content (AvgIpc) is 2.59. The van der Waals surface area contributed by atoms with Crippen LogP contribution in [-0.2, 0) is 4.79 Å². The van der Waals surface area contributed by atoms with E-state index in [0.29, 0.717) is 10.6 Å². The van der Waals surface area contributed by atoms with E-state index in [-0.39, 0.29) is 24.0 Å². The van der Waals surface area contributed by atoms with Gasteiger partial charge in [-0.15, -0.1) is 0 Å². The van der Waals surface area contributed by atoms with Gasteiger partial charge in [-0.25, -0.2) is 0 Å². The molecule has 1 aromatic rings. The van der Waals surface area contributed by atoms with Crippen molar-refractivity contribution in [2.45, 2.75) is 31.0 Å². The second kappa shape index (κ2) is 6.36. The first kappa shape index (κ1) is 18.1. The molecule has 2 atom stereocenters. The molecule has 0 saturated heterocycles. The lowest BCUT2D eigenvalue weighted by molar-refractivity contribution is -0.122. The standard InChI is InChI=1S/C17H18Cl4O/c1-10-12(9-17(19,20)21)13(15(22)16(10,2)3)14(18)11-7-5-4-6-8-11/h4-8,10,12H,9H2,1-3H3/b14-13+/t10-,12-/m1/s1. The van der Waals surface area contributed by atoms with E-state index in [1.165, 1.54) is 0 Å². The molecule has 0 N–H and O–H groups in total.